The van der Waals surface area contributed by atoms with Crippen molar-refractivity contribution in [3.63, 3.8) is 0 Å². The summed E-state index contributed by atoms with van der Waals surface area (Å²) in [6, 6.07) is 5.99. The topological polar surface area (TPSA) is 74.5 Å². The number of hydrogen-bond acceptors (Lipinski definition) is 4. The van der Waals surface area contributed by atoms with Crippen molar-refractivity contribution in [2.24, 2.45) is 0 Å². The summed E-state index contributed by atoms with van der Waals surface area (Å²) in [5.74, 6) is 1.50. The fourth-order valence-corrected chi connectivity index (χ4v) is 6.58. The van der Waals surface area contributed by atoms with Crippen LogP contribution in [0.1, 0.15) is 115 Å². The minimum Gasteiger partial charge on any atom is -0.282 e. The van der Waals surface area contributed by atoms with Gasteiger partial charge in [0.25, 0.3) is 16.8 Å². The smallest absolute Gasteiger partial charge is 0.282 e. The minimum absolute atomic E-state index is 0.0666. The van der Waals surface area contributed by atoms with E-state index in [1.165, 1.54) is 102 Å². The molecule has 8 heteroatoms. The molecule has 0 aromatic heterocycles. The Morgan fingerprint density at radius 3 is 1.88 bits per heavy atom. The first-order valence-corrected chi connectivity index (χ1v) is 18.1. The molecule has 1 aromatic carbocycles. The van der Waals surface area contributed by atoms with E-state index in [1.54, 1.807) is 12.1 Å². The molecule has 1 unspecified atom stereocenters. The van der Waals surface area contributed by atoms with E-state index in [0.717, 1.165) is 43.9 Å². The zero-order valence-corrected chi connectivity index (χ0v) is 26.7. The van der Waals surface area contributed by atoms with E-state index in [2.05, 4.69) is 29.3 Å². The maximum Gasteiger partial charge on any atom is 0.319 e. The Morgan fingerprint density at radius 1 is 0.875 bits per heavy atom. The molecule has 1 amide bonds. The lowest BCUT2D eigenvalue weighted by Crippen LogP contribution is -2.53. The third kappa shape index (κ3) is 13.9. The van der Waals surface area contributed by atoms with Gasteiger partial charge in [-0.1, -0.05) is 102 Å². The first kappa shape index (κ1) is 34.7. The molecule has 1 saturated heterocycles. The molecule has 2 heterocycles. The van der Waals surface area contributed by atoms with Crippen LogP contribution in [0.2, 0.25) is 0 Å². The summed E-state index contributed by atoms with van der Waals surface area (Å²) in [5, 5.41) is 2.16. The fraction of sp³-hybridized carbons (Fsp3) is 0.688. The third-order valence-electron chi connectivity index (χ3n) is 7.95. The van der Waals surface area contributed by atoms with Crippen LogP contribution < -0.4 is 0 Å². The number of carbonyl (C=O) groups excluding carboxylic acids is 1. The molecule has 3 rings (SSSR count). The van der Waals surface area contributed by atoms with E-state index >= 15 is 0 Å². The molecule has 226 valence electrons. The predicted molar refractivity (Wildman–Crippen MR) is 168 cm³/mol. The van der Waals surface area contributed by atoms with Crippen molar-refractivity contribution >= 4 is 34.0 Å². The minimum atomic E-state index is -4.02. The molecular weight excluding hydrogens is 540 g/mol. The molecule has 0 spiro atoms. The Morgan fingerprint density at radius 2 is 1.43 bits per heavy atom. The Hall–Kier alpha value is -1.48. The van der Waals surface area contributed by atoms with Crippen molar-refractivity contribution in [3.05, 3.63) is 41.4 Å². The lowest BCUT2D eigenvalue weighted by molar-refractivity contribution is -0.920. The molecule has 0 saturated carbocycles. The second-order valence-corrected chi connectivity index (χ2v) is 13.8. The summed E-state index contributed by atoms with van der Waals surface area (Å²) in [7, 11) is -4.02. The number of rotatable bonds is 18. The Kier molecular flexibility index (Phi) is 17.0. The van der Waals surface area contributed by atoms with Crippen LogP contribution in [0.4, 0.5) is 0 Å². The monoisotopic (exact) mass is 594 g/mol. The van der Waals surface area contributed by atoms with Crippen molar-refractivity contribution in [1.29, 1.82) is 0 Å². The van der Waals surface area contributed by atoms with E-state index in [1.807, 2.05) is 18.7 Å². The number of hydrogen-bond donors (Lipinski definition) is 1. The lowest BCUT2D eigenvalue weighted by Gasteiger charge is -2.28. The summed E-state index contributed by atoms with van der Waals surface area (Å²) in [6.45, 7) is 7.07. The zero-order chi connectivity index (χ0) is 29.1. The highest BCUT2D eigenvalue weighted by atomic mass is 32.2. The van der Waals surface area contributed by atoms with Gasteiger partial charge in [0.05, 0.1) is 30.2 Å². The van der Waals surface area contributed by atoms with Gasteiger partial charge < -0.3 is 0 Å². The lowest BCUT2D eigenvalue weighted by atomic mass is 10.0. The summed E-state index contributed by atoms with van der Waals surface area (Å²) in [4.78, 5) is 12.6. The molecular formula is C32H54N2O4S2+2. The highest BCUT2D eigenvalue weighted by Crippen LogP contribution is 2.24. The van der Waals surface area contributed by atoms with Gasteiger partial charge in [-0.05, 0) is 31.9 Å². The van der Waals surface area contributed by atoms with E-state index < -0.39 is 10.1 Å². The molecule has 0 radical (unpaired) electrons. The van der Waals surface area contributed by atoms with Crippen LogP contribution in [0, 0.1) is 6.92 Å². The zero-order valence-electron chi connectivity index (χ0n) is 25.1. The highest BCUT2D eigenvalue weighted by molar-refractivity contribution is 8.02. The summed E-state index contributed by atoms with van der Waals surface area (Å²) < 4.78 is 32.5. The van der Waals surface area contributed by atoms with Crippen molar-refractivity contribution in [1.82, 2.24) is 0 Å². The Bertz CT molecular complexity index is 1020. The molecule has 6 nitrogen and oxygen atoms in total. The highest BCUT2D eigenvalue weighted by Gasteiger charge is 2.44. The maximum atomic E-state index is 12.6. The van der Waals surface area contributed by atoms with Gasteiger partial charge in [-0.2, -0.15) is 13.0 Å². The van der Waals surface area contributed by atoms with Gasteiger partial charge in [-0.15, -0.1) is 11.8 Å². The van der Waals surface area contributed by atoms with Crippen molar-refractivity contribution in [2.45, 2.75) is 121 Å². The molecule has 2 aliphatic heterocycles. The van der Waals surface area contributed by atoms with Crippen molar-refractivity contribution in [3.8, 4) is 0 Å². The van der Waals surface area contributed by atoms with Gasteiger partial charge in [0.2, 0.25) is 0 Å². The number of nitrogens with zero attached hydrogens (tertiary/aromatic N) is 2. The number of likely N-dealkylation sites (tertiary alicyclic amines) is 1. The van der Waals surface area contributed by atoms with Crippen molar-refractivity contribution < 1.29 is 26.8 Å². The average Bonchev–Trinajstić information content (AvgIpc) is 3.29. The van der Waals surface area contributed by atoms with Crippen LogP contribution in [0.3, 0.4) is 0 Å². The van der Waals surface area contributed by atoms with Crippen LogP contribution in [-0.2, 0) is 14.9 Å². The van der Waals surface area contributed by atoms with Gasteiger partial charge >= 0.3 is 5.91 Å². The molecule has 2 aliphatic rings. The number of aryl methyl sites for hydroxylation is 1. The van der Waals surface area contributed by atoms with Crippen LogP contribution in [0.5, 0.6) is 0 Å². The second kappa shape index (κ2) is 19.6. The third-order valence-corrected chi connectivity index (χ3v) is 9.48. The molecule has 0 aliphatic carbocycles. The Labute approximate surface area is 248 Å². The number of quaternary nitrogens is 1. The van der Waals surface area contributed by atoms with Gasteiger partial charge in [0, 0.05) is 11.8 Å². The van der Waals surface area contributed by atoms with Gasteiger partial charge in [-0.25, -0.2) is 9.28 Å². The fourth-order valence-electron chi connectivity index (χ4n) is 5.46. The summed E-state index contributed by atoms with van der Waals surface area (Å²) in [5.41, 5.74) is 0.956. The summed E-state index contributed by atoms with van der Waals surface area (Å²) >= 11 is 1.83. The van der Waals surface area contributed by atoms with E-state index in [9.17, 15) is 13.2 Å². The number of thioether (sulfide) groups is 1. The van der Waals surface area contributed by atoms with Crippen LogP contribution in [0.15, 0.2) is 40.8 Å². The number of unbranched alkanes of at least 4 members (excludes halogenated alkanes) is 13. The van der Waals surface area contributed by atoms with E-state index in [4.69, 9.17) is 4.55 Å². The maximum absolute atomic E-state index is 12.6. The molecule has 1 aromatic rings. The van der Waals surface area contributed by atoms with Crippen LogP contribution >= 0.6 is 11.8 Å². The normalized spacial score (nSPS) is 18.9. The van der Waals surface area contributed by atoms with Gasteiger partial charge in [-0.3, -0.25) is 4.55 Å². The number of carbonyl (C=O) groups is 1. The standard InChI is InChI=1S/C25H46N2OS.C7H8O3S/c1-2-3-4-5-6-7-8-9-10-11-12-13-14-15-20-27(21-16-17-25(27)28)24-26-18-22-29-23-19-26;1-6-2-4-7(5-3-6)11(8,9)10/h18-19,22H,2-17,20-21,23-24H2,1H3;2-5H,1H3,(H,8,9,10)/q+2;. The molecule has 1 fully saturated rings. The van der Waals surface area contributed by atoms with Crippen molar-refractivity contribution in [2.75, 3.05) is 25.5 Å². The molecule has 1 N–H and O–H groups in total. The first-order chi connectivity index (χ1) is 19.3. The predicted octanol–water partition coefficient (Wildman–Crippen LogP) is 8.11. The number of amides is 1. The molecule has 40 heavy (non-hydrogen) atoms. The second-order valence-electron chi connectivity index (χ2n) is 11.4. The van der Waals surface area contributed by atoms with E-state index in [-0.39, 0.29) is 4.90 Å². The van der Waals surface area contributed by atoms with Gasteiger partial charge in [0.1, 0.15) is 0 Å². The van der Waals surface area contributed by atoms with Gasteiger partial charge in [0.15, 0.2) is 12.4 Å². The number of benzene rings is 1. The van der Waals surface area contributed by atoms with Crippen LogP contribution in [-0.4, -0.2) is 59.7 Å². The average molecular weight is 595 g/mol. The largest absolute Gasteiger partial charge is 0.319 e. The first-order valence-electron chi connectivity index (χ1n) is 15.6. The molecule has 0 bridgehead atoms. The summed E-state index contributed by atoms with van der Waals surface area (Å²) in [6.07, 6.45) is 25.7. The Balaban J connectivity index is 0.000000425. The van der Waals surface area contributed by atoms with E-state index in [0.29, 0.717) is 10.4 Å². The SMILES string of the molecule is CCCCCCCCCCCCCCCC[N+]1(C[N+]2=CCSC=C2)CCCC1=O.Cc1ccc(S(=O)(=O)O)cc1. The van der Waals surface area contributed by atoms with Crippen LogP contribution in [0.25, 0.3) is 0 Å². The molecule has 1 atom stereocenters. The quantitative estimate of drug-likeness (QED) is 0.0804.